The molecule has 0 radical (unpaired) electrons. The molecule has 0 unspecified atom stereocenters. The molecule has 1 saturated carbocycles. The number of rotatable bonds is 3. The molecule has 2 rings (SSSR count). The van der Waals surface area contributed by atoms with Crippen molar-refractivity contribution in [1.82, 2.24) is 0 Å². The van der Waals surface area contributed by atoms with Crippen LogP contribution in [-0.4, -0.2) is 18.9 Å². The van der Waals surface area contributed by atoms with Crippen LogP contribution in [0.25, 0.3) is 0 Å². The Hall–Kier alpha value is -1.38. The van der Waals surface area contributed by atoms with E-state index >= 15 is 0 Å². The lowest BCUT2D eigenvalue weighted by Crippen LogP contribution is -2.22. The average Bonchev–Trinajstić information content (AvgIpc) is 3.03. The van der Waals surface area contributed by atoms with Crippen LogP contribution < -0.4 is 4.90 Å². The number of hydrogen-bond donors (Lipinski definition) is 0. The number of benzene rings is 1. The largest absolute Gasteiger partial charge is 0.371 e. The lowest BCUT2D eigenvalue weighted by Gasteiger charge is -2.22. The molecule has 0 heterocycles. The molecule has 1 fully saturated rings. The Morgan fingerprint density at radius 2 is 2.06 bits per heavy atom. The smallest absolute Gasteiger partial charge is 0.161 e. The predicted octanol–water partition coefficient (Wildman–Crippen LogP) is 2.94. The van der Waals surface area contributed by atoms with Crippen molar-refractivity contribution in [3.63, 3.8) is 0 Å². The number of halogens is 1. The van der Waals surface area contributed by atoms with Crippen molar-refractivity contribution >= 4 is 11.5 Å². The zero-order chi connectivity index (χ0) is 11.9. The van der Waals surface area contributed by atoms with Crippen LogP contribution in [0.4, 0.5) is 10.1 Å². The Morgan fingerprint density at radius 1 is 1.44 bits per heavy atom. The van der Waals surface area contributed by atoms with Crippen molar-refractivity contribution in [3.05, 3.63) is 29.1 Å². The molecular formula is C13H16FNO. The first-order valence-electron chi connectivity index (χ1n) is 5.54. The SMILES string of the molecule is CC(=O)c1cc(F)c(C)cc1N(C)C1CC1. The van der Waals surface area contributed by atoms with Crippen LogP contribution >= 0.6 is 0 Å². The highest BCUT2D eigenvalue weighted by atomic mass is 19.1. The van der Waals surface area contributed by atoms with E-state index in [2.05, 4.69) is 4.90 Å². The second-order valence-electron chi connectivity index (χ2n) is 4.52. The summed E-state index contributed by atoms with van der Waals surface area (Å²) < 4.78 is 13.4. The maximum absolute atomic E-state index is 13.4. The number of carbonyl (C=O) groups is 1. The summed E-state index contributed by atoms with van der Waals surface area (Å²) in [5, 5.41) is 0. The number of anilines is 1. The van der Waals surface area contributed by atoms with Gasteiger partial charge in [-0.1, -0.05) is 0 Å². The standard InChI is InChI=1S/C13H16FNO/c1-8-6-13(15(3)10-4-5-10)11(9(2)16)7-12(8)14/h6-7,10H,4-5H2,1-3H3. The van der Waals surface area contributed by atoms with Gasteiger partial charge in [-0.05, 0) is 44.4 Å². The second kappa shape index (κ2) is 3.89. The highest BCUT2D eigenvalue weighted by Crippen LogP contribution is 2.33. The summed E-state index contributed by atoms with van der Waals surface area (Å²) in [5.74, 6) is -0.389. The zero-order valence-electron chi connectivity index (χ0n) is 9.88. The molecule has 0 spiro atoms. The molecule has 0 N–H and O–H groups in total. The topological polar surface area (TPSA) is 20.3 Å². The van der Waals surface area contributed by atoms with Gasteiger partial charge in [-0.15, -0.1) is 0 Å². The minimum atomic E-state index is -0.307. The van der Waals surface area contributed by atoms with Gasteiger partial charge in [0, 0.05) is 24.3 Å². The maximum atomic E-state index is 13.4. The fourth-order valence-electron chi connectivity index (χ4n) is 1.90. The van der Waals surface area contributed by atoms with E-state index in [4.69, 9.17) is 0 Å². The minimum absolute atomic E-state index is 0.0820. The summed E-state index contributed by atoms with van der Waals surface area (Å²) in [5.41, 5.74) is 1.93. The number of carbonyl (C=O) groups excluding carboxylic acids is 1. The van der Waals surface area contributed by atoms with Crippen molar-refractivity contribution in [1.29, 1.82) is 0 Å². The number of hydrogen-bond acceptors (Lipinski definition) is 2. The van der Waals surface area contributed by atoms with Gasteiger partial charge in [0.1, 0.15) is 5.82 Å². The summed E-state index contributed by atoms with van der Waals surface area (Å²) in [4.78, 5) is 13.6. The Balaban J connectivity index is 2.48. The summed E-state index contributed by atoms with van der Waals surface area (Å²) in [6.07, 6.45) is 2.31. The van der Waals surface area contributed by atoms with E-state index in [-0.39, 0.29) is 11.6 Å². The van der Waals surface area contributed by atoms with Gasteiger partial charge in [-0.3, -0.25) is 4.79 Å². The molecule has 0 bridgehead atoms. The molecule has 1 aromatic rings. The van der Waals surface area contributed by atoms with E-state index in [0.29, 0.717) is 17.2 Å². The molecule has 1 aromatic carbocycles. The Morgan fingerprint density at radius 3 is 2.56 bits per heavy atom. The van der Waals surface area contributed by atoms with Gasteiger partial charge in [-0.25, -0.2) is 4.39 Å². The number of aryl methyl sites for hydroxylation is 1. The second-order valence-corrected chi connectivity index (χ2v) is 4.52. The summed E-state index contributed by atoms with van der Waals surface area (Å²) in [6.45, 7) is 3.21. The molecule has 1 aliphatic rings. The molecule has 2 nitrogen and oxygen atoms in total. The van der Waals surface area contributed by atoms with Crippen molar-refractivity contribution < 1.29 is 9.18 Å². The van der Waals surface area contributed by atoms with Crippen LogP contribution in [0.3, 0.4) is 0 Å². The normalized spacial score (nSPS) is 15.0. The lowest BCUT2D eigenvalue weighted by atomic mass is 10.0. The number of Topliss-reactive ketones (excluding diaryl/α,β-unsaturated/α-hetero) is 1. The highest BCUT2D eigenvalue weighted by molar-refractivity contribution is 6.00. The first kappa shape index (κ1) is 11.1. The third kappa shape index (κ3) is 1.94. The summed E-state index contributed by atoms with van der Waals surface area (Å²) in [7, 11) is 1.97. The van der Waals surface area contributed by atoms with Gasteiger partial charge in [-0.2, -0.15) is 0 Å². The summed E-state index contributed by atoms with van der Waals surface area (Å²) >= 11 is 0. The van der Waals surface area contributed by atoms with E-state index in [9.17, 15) is 9.18 Å². The van der Waals surface area contributed by atoms with E-state index < -0.39 is 0 Å². The quantitative estimate of drug-likeness (QED) is 0.731. The van der Waals surface area contributed by atoms with E-state index in [0.717, 1.165) is 18.5 Å². The average molecular weight is 221 g/mol. The van der Waals surface area contributed by atoms with Gasteiger partial charge < -0.3 is 4.90 Å². The summed E-state index contributed by atoms with van der Waals surface area (Å²) in [6, 6.07) is 3.64. The highest BCUT2D eigenvalue weighted by Gasteiger charge is 2.28. The van der Waals surface area contributed by atoms with Crippen molar-refractivity contribution in [2.75, 3.05) is 11.9 Å². The van der Waals surface area contributed by atoms with Crippen LogP contribution in [0.5, 0.6) is 0 Å². The van der Waals surface area contributed by atoms with Gasteiger partial charge in [0.25, 0.3) is 0 Å². The fourth-order valence-corrected chi connectivity index (χ4v) is 1.90. The van der Waals surface area contributed by atoms with Crippen LogP contribution in [-0.2, 0) is 0 Å². The molecule has 0 atom stereocenters. The molecule has 86 valence electrons. The molecule has 1 aliphatic carbocycles. The van der Waals surface area contributed by atoms with Gasteiger partial charge in [0.05, 0.1) is 0 Å². The molecule has 0 aliphatic heterocycles. The Kier molecular flexibility index (Phi) is 2.70. The van der Waals surface area contributed by atoms with Crippen LogP contribution in [0.1, 0.15) is 35.7 Å². The molecule has 3 heteroatoms. The fraction of sp³-hybridized carbons (Fsp3) is 0.462. The van der Waals surface area contributed by atoms with E-state index in [1.807, 2.05) is 7.05 Å². The van der Waals surface area contributed by atoms with E-state index in [1.165, 1.54) is 13.0 Å². The minimum Gasteiger partial charge on any atom is -0.371 e. The molecule has 16 heavy (non-hydrogen) atoms. The third-order valence-electron chi connectivity index (χ3n) is 3.13. The van der Waals surface area contributed by atoms with Crippen LogP contribution in [0.15, 0.2) is 12.1 Å². The van der Waals surface area contributed by atoms with Gasteiger partial charge >= 0.3 is 0 Å². The molecular weight excluding hydrogens is 205 g/mol. The maximum Gasteiger partial charge on any atom is 0.161 e. The lowest BCUT2D eigenvalue weighted by molar-refractivity contribution is 0.101. The molecule has 0 aromatic heterocycles. The van der Waals surface area contributed by atoms with E-state index in [1.54, 1.807) is 13.0 Å². The van der Waals surface area contributed by atoms with Crippen molar-refractivity contribution in [3.8, 4) is 0 Å². The van der Waals surface area contributed by atoms with Crippen LogP contribution in [0, 0.1) is 12.7 Å². The number of ketones is 1. The van der Waals surface area contributed by atoms with Gasteiger partial charge in [0.2, 0.25) is 0 Å². The van der Waals surface area contributed by atoms with Crippen LogP contribution in [0.2, 0.25) is 0 Å². The third-order valence-corrected chi connectivity index (χ3v) is 3.13. The van der Waals surface area contributed by atoms with Crippen molar-refractivity contribution in [2.24, 2.45) is 0 Å². The van der Waals surface area contributed by atoms with Gasteiger partial charge in [0.15, 0.2) is 5.78 Å². The number of nitrogens with zero attached hydrogens (tertiary/aromatic N) is 1. The van der Waals surface area contributed by atoms with Crippen molar-refractivity contribution in [2.45, 2.75) is 32.7 Å². The monoisotopic (exact) mass is 221 g/mol. The first-order valence-corrected chi connectivity index (χ1v) is 5.54. The zero-order valence-corrected chi connectivity index (χ0v) is 9.88. The Bertz CT molecular complexity index is 438. The molecule has 0 amide bonds. The Labute approximate surface area is 95.1 Å². The predicted molar refractivity (Wildman–Crippen MR) is 62.6 cm³/mol. The molecule has 0 saturated heterocycles. The first-order chi connectivity index (χ1) is 7.50.